The number of carbonyl (C=O) groups excluding carboxylic acids is 1. The van der Waals surface area contributed by atoms with E-state index in [1.807, 2.05) is 30.5 Å². The van der Waals surface area contributed by atoms with Gasteiger partial charge in [0, 0.05) is 21.7 Å². The van der Waals surface area contributed by atoms with Crippen molar-refractivity contribution in [1.29, 1.82) is 0 Å². The number of nitrogens with one attached hydrogen (secondary N) is 1. The zero-order valence-corrected chi connectivity index (χ0v) is 13.9. The van der Waals surface area contributed by atoms with Crippen LogP contribution in [0, 0.1) is 0 Å². The molecule has 0 aliphatic carbocycles. The molecule has 1 unspecified atom stereocenters. The van der Waals surface area contributed by atoms with Crippen LogP contribution in [0.2, 0.25) is 0 Å². The van der Waals surface area contributed by atoms with Gasteiger partial charge in [0.1, 0.15) is 0 Å². The molecule has 3 rings (SSSR count). The zero-order valence-electron chi connectivity index (χ0n) is 12.3. The third-order valence-corrected chi connectivity index (χ3v) is 5.27. The van der Waals surface area contributed by atoms with Gasteiger partial charge in [0.15, 0.2) is 0 Å². The first-order chi connectivity index (χ1) is 10.7. The zero-order chi connectivity index (χ0) is 15.4. The maximum absolute atomic E-state index is 12.0. The van der Waals surface area contributed by atoms with E-state index in [0.717, 1.165) is 11.3 Å². The maximum Gasteiger partial charge on any atom is 0.244 e. The molecule has 4 heteroatoms. The molecule has 22 heavy (non-hydrogen) atoms. The minimum absolute atomic E-state index is 0.0413. The summed E-state index contributed by atoms with van der Waals surface area (Å²) in [5.74, 6) is -0.0413. The maximum atomic E-state index is 12.0. The van der Waals surface area contributed by atoms with Crippen molar-refractivity contribution in [3.8, 4) is 0 Å². The topological polar surface area (TPSA) is 29.1 Å². The van der Waals surface area contributed by atoms with Crippen LogP contribution in [0.15, 0.2) is 53.2 Å². The number of thiophene rings is 2. The highest BCUT2D eigenvalue weighted by Gasteiger charge is 2.09. The van der Waals surface area contributed by atoms with E-state index in [-0.39, 0.29) is 11.9 Å². The van der Waals surface area contributed by atoms with Gasteiger partial charge >= 0.3 is 0 Å². The van der Waals surface area contributed by atoms with E-state index in [1.165, 1.54) is 15.6 Å². The lowest BCUT2D eigenvalue weighted by Crippen LogP contribution is -2.32. The molecule has 0 spiro atoms. The fraction of sp³-hybridized carbons (Fsp3) is 0.167. The molecule has 3 aromatic rings. The second-order valence-electron chi connectivity index (χ2n) is 5.22. The average Bonchev–Trinajstić information content (AvgIpc) is 3.15. The Bertz CT molecular complexity index is 786. The van der Waals surface area contributed by atoms with E-state index in [4.69, 9.17) is 0 Å². The van der Waals surface area contributed by atoms with Crippen molar-refractivity contribution < 1.29 is 4.79 Å². The summed E-state index contributed by atoms with van der Waals surface area (Å²) in [5, 5.41) is 8.51. The molecule has 2 aromatic heterocycles. The third kappa shape index (κ3) is 3.64. The first kappa shape index (κ1) is 15.0. The van der Waals surface area contributed by atoms with Crippen molar-refractivity contribution in [1.82, 2.24) is 5.32 Å². The number of fused-ring (bicyclic) bond motifs is 1. The highest BCUT2D eigenvalue weighted by molar-refractivity contribution is 7.17. The molecule has 0 radical (unpaired) electrons. The lowest BCUT2D eigenvalue weighted by molar-refractivity contribution is -0.117. The van der Waals surface area contributed by atoms with Gasteiger partial charge in [-0.2, -0.15) is 0 Å². The van der Waals surface area contributed by atoms with Crippen LogP contribution < -0.4 is 5.32 Å². The van der Waals surface area contributed by atoms with Crippen molar-refractivity contribution in [3.63, 3.8) is 0 Å². The Morgan fingerprint density at radius 1 is 1.23 bits per heavy atom. The van der Waals surface area contributed by atoms with Gasteiger partial charge in [0.2, 0.25) is 5.91 Å². The van der Waals surface area contributed by atoms with Gasteiger partial charge in [-0.05, 0) is 53.3 Å². The molecular weight excluding hydrogens is 310 g/mol. The minimum atomic E-state index is -0.0413. The van der Waals surface area contributed by atoms with Gasteiger partial charge in [0.25, 0.3) is 0 Å². The summed E-state index contributed by atoms with van der Waals surface area (Å²) in [5.41, 5.74) is 1.30. The molecule has 0 aliphatic heterocycles. The summed E-state index contributed by atoms with van der Waals surface area (Å²) in [6.07, 6.45) is 4.31. The predicted octanol–water partition coefficient (Wildman–Crippen LogP) is 4.72. The van der Waals surface area contributed by atoms with Gasteiger partial charge in [-0.25, -0.2) is 0 Å². The summed E-state index contributed by atoms with van der Waals surface area (Å²) in [7, 11) is 0. The molecule has 2 heterocycles. The van der Waals surface area contributed by atoms with Gasteiger partial charge in [0.05, 0.1) is 0 Å². The lowest BCUT2D eigenvalue weighted by Gasteiger charge is -2.11. The molecule has 112 valence electrons. The number of carbonyl (C=O) groups is 1. The molecule has 2 nitrogen and oxygen atoms in total. The summed E-state index contributed by atoms with van der Waals surface area (Å²) in [6, 6.07) is 12.5. The predicted molar refractivity (Wildman–Crippen MR) is 96.5 cm³/mol. The van der Waals surface area contributed by atoms with E-state index in [1.54, 1.807) is 28.7 Å². The second kappa shape index (κ2) is 6.90. The Balaban J connectivity index is 1.60. The van der Waals surface area contributed by atoms with E-state index in [2.05, 4.69) is 35.0 Å². The average molecular weight is 327 g/mol. The van der Waals surface area contributed by atoms with Crippen LogP contribution in [0.25, 0.3) is 16.2 Å². The van der Waals surface area contributed by atoms with E-state index in [0.29, 0.717) is 0 Å². The normalized spacial score (nSPS) is 12.8. The second-order valence-corrected chi connectivity index (χ2v) is 7.11. The Labute approximate surface area is 138 Å². The third-order valence-electron chi connectivity index (χ3n) is 3.42. The summed E-state index contributed by atoms with van der Waals surface area (Å²) >= 11 is 3.38. The van der Waals surface area contributed by atoms with Crippen LogP contribution in [0.4, 0.5) is 0 Å². The van der Waals surface area contributed by atoms with Gasteiger partial charge in [-0.1, -0.05) is 24.3 Å². The number of hydrogen-bond acceptors (Lipinski definition) is 3. The van der Waals surface area contributed by atoms with Crippen molar-refractivity contribution in [2.45, 2.75) is 19.4 Å². The van der Waals surface area contributed by atoms with Crippen LogP contribution >= 0.6 is 22.7 Å². The molecule has 0 saturated heterocycles. The van der Waals surface area contributed by atoms with E-state index < -0.39 is 0 Å². The smallest absolute Gasteiger partial charge is 0.244 e. The molecule has 1 aromatic carbocycles. The minimum Gasteiger partial charge on any atom is -0.350 e. The molecule has 1 N–H and O–H groups in total. The van der Waals surface area contributed by atoms with Crippen molar-refractivity contribution in [3.05, 3.63) is 63.7 Å². The number of rotatable bonds is 5. The van der Waals surface area contributed by atoms with E-state index in [9.17, 15) is 4.79 Å². The molecule has 0 saturated carbocycles. The Morgan fingerprint density at radius 3 is 2.91 bits per heavy atom. The highest BCUT2D eigenvalue weighted by atomic mass is 32.1. The van der Waals surface area contributed by atoms with Crippen LogP contribution in [0.3, 0.4) is 0 Å². The molecule has 0 bridgehead atoms. The quantitative estimate of drug-likeness (QED) is 0.675. The van der Waals surface area contributed by atoms with Gasteiger partial charge in [-0.3, -0.25) is 4.79 Å². The van der Waals surface area contributed by atoms with Crippen LogP contribution in [-0.2, 0) is 11.2 Å². The number of amides is 1. The van der Waals surface area contributed by atoms with Crippen molar-refractivity contribution >= 4 is 44.7 Å². The van der Waals surface area contributed by atoms with E-state index >= 15 is 0 Å². The summed E-state index contributed by atoms with van der Waals surface area (Å²) in [6.45, 7) is 2.04. The molecule has 1 atom stereocenters. The standard InChI is InChI=1S/C18H17NOS2/c1-13(19-18(20)9-8-15-5-4-10-21-15)11-14-12-22-17-7-3-2-6-16(14)17/h2-10,12-13H,11H2,1H3,(H,19,20). The highest BCUT2D eigenvalue weighted by Crippen LogP contribution is 2.26. The monoisotopic (exact) mass is 327 g/mol. The Morgan fingerprint density at radius 2 is 2.09 bits per heavy atom. The Hall–Kier alpha value is -1.91. The fourth-order valence-electron chi connectivity index (χ4n) is 2.41. The first-order valence-corrected chi connectivity index (χ1v) is 8.95. The van der Waals surface area contributed by atoms with Crippen molar-refractivity contribution in [2.24, 2.45) is 0 Å². The first-order valence-electron chi connectivity index (χ1n) is 7.19. The SMILES string of the molecule is CC(Cc1csc2ccccc12)NC(=O)C=Cc1cccs1. The molecule has 0 aliphatic rings. The van der Waals surface area contributed by atoms with Crippen LogP contribution in [-0.4, -0.2) is 11.9 Å². The summed E-state index contributed by atoms with van der Waals surface area (Å²) in [4.78, 5) is 13.0. The molecule has 0 fully saturated rings. The fourth-order valence-corrected chi connectivity index (χ4v) is 4.00. The summed E-state index contributed by atoms with van der Waals surface area (Å²) < 4.78 is 1.30. The number of benzene rings is 1. The molecular formula is C18H17NOS2. The van der Waals surface area contributed by atoms with Crippen molar-refractivity contribution in [2.75, 3.05) is 0 Å². The Kier molecular flexibility index (Phi) is 4.71. The molecule has 1 amide bonds. The van der Waals surface area contributed by atoms with Crippen LogP contribution in [0.1, 0.15) is 17.4 Å². The van der Waals surface area contributed by atoms with Gasteiger partial charge < -0.3 is 5.32 Å². The largest absolute Gasteiger partial charge is 0.350 e. The number of hydrogen-bond donors (Lipinski definition) is 1. The lowest BCUT2D eigenvalue weighted by atomic mass is 10.1. The van der Waals surface area contributed by atoms with Gasteiger partial charge in [-0.15, -0.1) is 22.7 Å². The van der Waals surface area contributed by atoms with Crippen LogP contribution in [0.5, 0.6) is 0 Å².